The van der Waals surface area contributed by atoms with Crippen LogP contribution in [0.5, 0.6) is 0 Å². The molecular formula is C13H15NO4S. The Bertz CT molecular complexity index is 498. The number of carbonyl (C=O) groups excluding carboxylic acids is 2. The fourth-order valence-electron chi connectivity index (χ4n) is 1.24. The number of hydrogen-bond acceptors (Lipinski definition) is 5. The van der Waals surface area contributed by atoms with Crippen LogP contribution in [0.2, 0.25) is 0 Å². The molecule has 0 saturated heterocycles. The van der Waals surface area contributed by atoms with Gasteiger partial charge in [-0.15, -0.1) is 11.3 Å². The van der Waals surface area contributed by atoms with Gasteiger partial charge in [-0.05, 0) is 18.4 Å². The van der Waals surface area contributed by atoms with E-state index >= 15 is 0 Å². The van der Waals surface area contributed by atoms with Crippen LogP contribution in [-0.4, -0.2) is 36.7 Å². The minimum Gasteiger partial charge on any atom is -0.465 e. The topological polar surface area (TPSA) is 75.6 Å². The third kappa shape index (κ3) is 5.12. The number of nitrogens with one attached hydrogen (secondary N) is 1. The van der Waals surface area contributed by atoms with Gasteiger partial charge in [0.1, 0.15) is 11.4 Å². The monoisotopic (exact) mass is 281 g/mol. The summed E-state index contributed by atoms with van der Waals surface area (Å²) in [6, 6.07) is 1.73. The molecule has 0 aromatic carbocycles. The van der Waals surface area contributed by atoms with Crippen LogP contribution in [0, 0.1) is 11.8 Å². The van der Waals surface area contributed by atoms with Gasteiger partial charge >= 0.3 is 5.97 Å². The zero-order valence-electron chi connectivity index (χ0n) is 10.6. The van der Waals surface area contributed by atoms with E-state index in [9.17, 15) is 9.59 Å². The number of aliphatic hydroxyl groups excluding tert-OH is 1. The van der Waals surface area contributed by atoms with E-state index in [1.54, 1.807) is 18.4 Å². The second-order valence-corrected chi connectivity index (χ2v) is 4.34. The molecule has 0 saturated carbocycles. The highest BCUT2D eigenvalue weighted by molar-refractivity contribution is 7.12. The van der Waals surface area contributed by atoms with E-state index in [0.717, 1.165) is 0 Å². The summed E-state index contributed by atoms with van der Waals surface area (Å²) in [6.45, 7) is 1.81. The van der Waals surface area contributed by atoms with E-state index in [2.05, 4.69) is 17.2 Å². The summed E-state index contributed by atoms with van der Waals surface area (Å²) < 4.78 is 4.71. The van der Waals surface area contributed by atoms with Crippen molar-refractivity contribution in [1.82, 2.24) is 5.32 Å². The lowest BCUT2D eigenvalue weighted by molar-refractivity contribution is -0.141. The second kappa shape index (κ2) is 8.29. The summed E-state index contributed by atoms with van der Waals surface area (Å²) in [5.41, 5.74) is 0.597. The first-order valence-electron chi connectivity index (χ1n) is 5.80. The third-order valence-electron chi connectivity index (χ3n) is 2.03. The summed E-state index contributed by atoms with van der Waals surface area (Å²) in [5, 5.41) is 12.9. The van der Waals surface area contributed by atoms with Gasteiger partial charge < -0.3 is 15.2 Å². The normalized spacial score (nSPS) is 9.37. The molecule has 0 spiro atoms. The lowest BCUT2D eigenvalue weighted by atomic mass is 10.2. The smallest absolute Gasteiger partial charge is 0.325 e. The maximum Gasteiger partial charge on any atom is 0.325 e. The average molecular weight is 281 g/mol. The molecule has 1 amide bonds. The molecule has 1 heterocycles. The van der Waals surface area contributed by atoms with Crippen molar-refractivity contribution in [2.24, 2.45) is 0 Å². The minimum atomic E-state index is -0.472. The predicted octanol–water partition coefficient (Wildman–Crippen LogP) is 0.775. The lowest BCUT2D eigenvalue weighted by Gasteiger charge is -2.03. The fourth-order valence-corrected chi connectivity index (χ4v) is 2.01. The molecule has 0 aliphatic heterocycles. The number of hydrogen-bond donors (Lipinski definition) is 2. The molecule has 0 fully saturated rings. The summed E-state index contributed by atoms with van der Waals surface area (Å²) in [4.78, 5) is 23.4. The van der Waals surface area contributed by atoms with Crippen molar-refractivity contribution < 1.29 is 19.4 Å². The molecule has 0 radical (unpaired) electrons. The van der Waals surface area contributed by atoms with E-state index in [1.165, 1.54) is 11.3 Å². The molecule has 0 bridgehead atoms. The molecule has 19 heavy (non-hydrogen) atoms. The first-order chi connectivity index (χ1) is 9.19. The van der Waals surface area contributed by atoms with Crippen molar-refractivity contribution in [2.45, 2.75) is 13.3 Å². The lowest BCUT2D eigenvalue weighted by Crippen LogP contribution is -2.30. The summed E-state index contributed by atoms with van der Waals surface area (Å²) in [6.07, 6.45) is 0.361. The maximum atomic E-state index is 11.8. The van der Waals surface area contributed by atoms with Gasteiger partial charge in [0.25, 0.3) is 5.91 Å². The number of aliphatic hydroxyl groups is 1. The molecule has 5 nitrogen and oxygen atoms in total. The molecule has 0 aliphatic rings. The second-order valence-electron chi connectivity index (χ2n) is 3.43. The van der Waals surface area contributed by atoms with Gasteiger partial charge in [0.05, 0.1) is 13.2 Å². The molecule has 1 aromatic heterocycles. The van der Waals surface area contributed by atoms with Crippen molar-refractivity contribution in [3.05, 3.63) is 21.9 Å². The Hall–Kier alpha value is -1.84. The fraction of sp³-hybridized carbons (Fsp3) is 0.385. The van der Waals surface area contributed by atoms with Crippen molar-refractivity contribution in [3.8, 4) is 11.8 Å². The van der Waals surface area contributed by atoms with E-state index < -0.39 is 5.97 Å². The van der Waals surface area contributed by atoms with Crippen molar-refractivity contribution >= 4 is 23.2 Å². The SMILES string of the molecule is CCOC(=O)CNC(=O)c1sccc1C#CCCO. The zero-order chi connectivity index (χ0) is 14.1. The number of carbonyl (C=O) groups is 2. The van der Waals surface area contributed by atoms with Gasteiger partial charge in [0.15, 0.2) is 0 Å². The number of thiophene rings is 1. The maximum absolute atomic E-state index is 11.8. The van der Waals surface area contributed by atoms with Crippen LogP contribution in [-0.2, 0) is 9.53 Å². The Kier molecular flexibility index (Phi) is 6.64. The predicted molar refractivity (Wildman–Crippen MR) is 71.9 cm³/mol. The Labute approximate surface area is 115 Å². The molecule has 0 unspecified atom stereocenters. The summed E-state index contributed by atoms with van der Waals surface area (Å²) in [7, 11) is 0. The average Bonchev–Trinajstić information content (AvgIpc) is 2.85. The molecule has 2 N–H and O–H groups in total. The van der Waals surface area contributed by atoms with Crippen LogP contribution in [0.25, 0.3) is 0 Å². The van der Waals surface area contributed by atoms with E-state index in [0.29, 0.717) is 16.9 Å². The molecular weight excluding hydrogens is 266 g/mol. The highest BCUT2D eigenvalue weighted by atomic mass is 32.1. The Morgan fingerprint density at radius 1 is 1.53 bits per heavy atom. The van der Waals surface area contributed by atoms with Crippen LogP contribution >= 0.6 is 11.3 Å². The number of amides is 1. The van der Waals surface area contributed by atoms with Gasteiger partial charge in [0.2, 0.25) is 0 Å². The van der Waals surface area contributed by atoms with Gasteiger partial charge in [-0.2, -0.15) is 0 Å². The summed E-state index contributed by atoms with van der Waals surface area (Å²) in [5.74, 6) is 4.74. The molecule has 6 heteroatoms. The first kappa shape index (κ1) is 15.2. The van der Waals surface area contributed by atoms with Gasteiger partial charge in [-0.1, -0.05) is 11.8 Å². The molecule has 1 rings (SSSR count). The quantitative estimate of drug-likeness (QED) is 0.617. The van der Waals surface area contributed by atoms with Crippen LogP contribution in [0.4, 0.5) is 0 Å². The van der Waals surface area contributed by atoms with Crippen LogP contribution in [0.1, 0.15) is 28.6 Å². The van der Waals surface area contributed by atoms with Crippen molar-refractivity contribution in [1.29, 1.82) is 0 Å². The van der Waals surface area contributed by atoms with E-state index in [1.807, 2.05) is 0 Å². The molecule has 102 valence electrons. The number of ether oxygens (including phenoxy) is 1. The Balaban J connectivity index is 2.61. The zero-order valence-corrected chi connectivity index (χ0v) is 11.4. The molecule has 1 aromatic rings. The largest absolute Gasteiger partial charge is 0.465 e. The van der Waals surface area contributed by atoms with Crippen LogP contribution < -0.4 is 5.32 Å². The molecule has 0 atom stereocenters. The highest BCUT2D eigenvalue weighted by Gasteiger charge is 2.13. The van der Waals surface area contributed by atoms with Gasteiger partial charge in [-0.25, -0.2) is 0 Å². The number of esters is 1. The summed E-state index contributed by atoms with van der Waals surface area (Å²) >= 11 is 1.25. The van der Waals surface area contributed by atoms with E-state index in [-0.39, 0.29) is 25.7 Å². The Morgan fingerprint density at radius 3 is 3.00 bits per heavy atom. The van der Waals surface area contributed by atoms with Gasteiger partial charge in [0, 0.05) is 12.0 Å². The van der Waals surface area contributed by atoms with Crippen molar-refractivity contribution in [3.63, 3.8) is 0 Å². The van der Waals surface area contributed by atoms with Gasteiger partial charge in [-0.3, -0.25) is 9.59 Å². The molecule has 0 aliphatic carbocycles. The highest BCUT2D eigenvalue weighted by Crippen LogP contribution is 2.15. The number of rotatable bonds is 5. The third-order valence-corrected chi connectivity index (χ3v) is 2.94. The van der Waals surface area contributed by atoms with Crippen LogP contribution in [0.3, 0.4) is 0 Å². The standard InChI is InChI=1S/C13H15NO4S/c1-2-18-11(16)9-14-13(17)12-10(6-8-19-12)5-3-4-7-15/h6,8,15H,2,4,7,9H2,1H3,(H,14,17). The first-order valence-corrected chi connectivity index (χ1v) is 6.68. The van der Waals surface area contributed by atoms with Crippen molar-refractivity contribution in [2.75, 3.05) is 19.8 Å². The Morgan fingerprint density at radius 2 is 2.32 bits per heavy atom. The minimum absolute atomic E-state index is 0.0124. The van der Waals surface area contributed by atoms with E-state index in [4.69, 9.17) is 9.84 Å². The van der Waals surface area contributed by atoms with Crippen LogP contribution in [0.15, 0.2) is 11.4 Å².